The van der Waals surface area contributed by atoms with Crippen LogP contribution in [-0.4, -0.2) is 22.1 Å². The van der Waals surface area contributed by atoms with Crippen molar-refractivity contribution in [2.24, 2.45) is 0 Å². The molecule has 0 aliphatic heterocycles. The highest BCUT2D eigenvalue weighted by atomic mass is 16.4. The van der Waals surface area contributed by atoms with Crippen molar-refractivity contribution in [3.05, 3.63) is 58.1 Å². The quantitative estimate of drug-likeness (QED) is 0.727. The van der Waals surface area contributed by atoms with E-state index >= 15 is 0 Å². The van der Waals surface area contributed by atoms with Crippen molar-refractivity contribution in [1.29, 1.82) is 0 Å². The van der Waals surface area contributed by atoms with E-state index in [-0.39, 0.29) is 22.6 Å². The molecule has 0 unspecified atom stereocenters. The topological polar surface area (TPSA) is 117 Å². The summed E-state index contributed by atoms with van der Waals surface area (Å²) in [4.78, 5) is 33.3. The van der Waals surface area contributed by atoms with Crippen LogP contribution in [0.5, 0.6) is 5.75 Å². The van der Waals surface area contributed by atoms with Gasteiger partial charge in [0, 0.05) is 6.07 Å². The molecule has 0 atom stereocenters. The number of amides is 1. The Morgan fingerprint density at radius 3 is 2.35 bits per heavy atom. The maximum atomic E-state index is 11.8. The minimum atomic E-state index is -1.19. The number of phenolic OH excluding ortho intramolecular Hbond substituents is 1. The first-order chi connectivity index (χ1) is 9.47. The van der Waals surface area contributed by atoms with Gasteiger partial charge in [-0.3, -0.25) is 4.79 Å². The monoisotopic (exact) mass is 275 g/mol. The summed E-state index contributed by atoms with van der Waals surface area (Å²) in [6, 6.07) is 5.87. The number of rotatable bonds is 3. The van der Waals surface area contributed by atoms with Gasteiger partial charge in [0.15, 0.2) is 0 Å². The van der Waals surface area contributed by atoms with Crippen molar-refractivity contribution in [1.82, 2.24) is 0 Å². The number of anilines is 1. The lowest BCUT2D eigenvalue weighted by atomic mass is 10.2. The molecule has 0 saturated carbocycles. The third-order valence-corrected chi connectivity index (χ3v) is 2.46. The molecule has 0 radical (unpaired) electrons. The highest BCUT2D eigenvalue weighted by Gasteiger charge is 2.12. The molecule has 0 spiro atoms. The zero-order valence-electron chi connectivity index (χ0n) is 9.99. The van der Waals surface area contributed by atoms with Crippen molar-refractivity contribution >= 4 is 17.6 Å². The second-order valence-electron chi connectivity index (χ2n) is 3.83. The first-order valence-corrected chi connectivity index (χ1v) is 5.44. The number of hydrogen-bond donors (Lipinski definition) is 3. The number of carboxylic acids is 1. The third-order valence-electron chi connectivity index (χ3n) is 2.46. The molecule has 0 saturated heterocycles. The van der Waals surface area contributed by atoms with Crippen molar-refractivity contribution in [2.75, 3.05) is 5.32 Å². The molecule has 0 bridgehead atoms. The van der Waals surface area contributed by atoms with Crippen LogP contribution in [0, 0.1) is 0 Å². The van der Waals surface area contributed by atoms with Crippen LogP contribution in [0.2, 0.25) is 0 Å². The van der Waals surface area contributed by atoms with E-state index < -0.39 is 17.5 Å². The number of carboxylic acid groups (broad SMARTS) is 1. The maximum Gasteiger partial charge on any atom is 0.335 e. The molecule has 1 heterocycles. The number of aromatic carboxylic acids is 1. The second kappa shape index (κ2) is 5.27. The Balaban J connectivity index is 2.21. The fourth-order valence-corrected chi connectivity index (χ4v) is 1.45. The van der Waals surface area contributed by atoms with E-state index in [0.29, 0.717) is 0 Å². The number of aromatic hydroxyl groups is 1. The molecule has 7 nitrogen and oxygen atoms in total. The van der Waals surface area contributed by atoms with Crippen LogP contribution in [0.3, 0.4) is 0 Å². The van der Waals surface area contributed by atoms with Gasteiger partial charge < -0.3 is 19.9 Å². The molecular weight excluding hydrogens is 266 g/mol. The van der Waals surface area contributed by atoms with Gasteiger partial charge in [-0.1, -0.05) is 0 Å². The van der Waals surface area contributed by atoms with Crippen LogP contribution in [0.4, 0.5) is 5.69 Å². The number of phenols is 1. The molecule has 0 aliphatic rings. The van der Waals surface area contributed by atoms with Crippen LogP contribution >= 0.6 is 0 Å². The van der Waals surface area contributed by atoms with Gasteiger partial charge in [0.25, 0.3) is 5.91 Å². The van der Waals surface area contributed by atoms with Crippen LogP contribution in [0.15, 0.2) is 45.8 Å². The maximum absolute atomic E-state index is 11.8. The number of carbonyl (C=O) groups excluding carboxylic acids is 1. The fraction of sp³-hybridized carbons (Fsp3) is 0. The van der Waals surface area contributed by atoms with Gasteiger partial charge in [-0.25, -0.2) is 9.59 Å². The van der Waals surface area contributed by atoms with Crippen molar-refractivity contribution in [3.8, 4) is 5.75 Å². The molecule has 7 heteroatoms. The molecule has 2 rings (SSSR count). The molecule has 102 valence electrons. The molecule has 20 heavy (non-hydrogen) atoms. The molecule has 1 aromatic carbocycles. The van der Waals surface area contributed by atoms with Gasteiger partial charge in [-0.2, -0.15) is 0 Å². The Bertz CT molecular complexity index is 713. The highest BCUT2D eigenvalue weighted by Crippen LogP contribution is 2.24. The zero-order chi connectivity index (χ0) is 14.7. The Labute approximate surface area is 112 Å². The molecule has 1 amide bonds. The largest absolute Gasteiger partial charge is 0.506 e. The first-order valence-electron chi connectivity index (χ1n) is 5.44. The Morgan fingerprint density at radius 2 is 1.80 bits per heavy atom. The number of benzene rings is 1. The average Bonchev–Trinajstić information content (AvgIpc) is 2.41. The molecular formula is C13H9NO6. The van der Waals surface area contributed by atoms with Gasteiger partial charge in [-0.05, 0) is 24.3 Å². The number of carbonyl (C=O) groups is 2. The van der Waals surface area contributed by atoms with E-state index in [9.17, 15) is 19.5 Å². The predicted molar refractivity (Wildman–Crippen MR) is 68.0 cm³/mol. The normalized spacial score (nSPS) is 10.0. The summed E-state index contributed by atoms with van der Waals surface area (Å²) < 4.78 is 4.54. The smallest absolute Gasteiger partial charge is 0.335 e. The lowest BCUT2D eigenvalue weighted by Gasteiger charge is -2.07. The van der Waals surface area contributed by atoms with Gasteiger partial charge >= 0.3 is 11.6 Å². The van der Waals surface area contributed by atoms with Crippen LogP contribution in [0.1, 0.15) is 20.7 Å². The zero-order valence-corrected chi connectivity index (χ0v) is 9.99. The van der Waals surface area contributed by atoms with Gasteiger partial charge in [0.2, 0.25) is 0 Å². The van der Waals surface area contributed by atoms with Crippen LogP contribution in [-0.2, 0) is 0 Å². The Morgan fingerprint density at radius 1 is 1.10 bits per heavy atom. The van der Waals surface area contributed by atoms with Crippen molar-refractivity contribution in [2.45, 2.75) is 0 Å². The summed E-state index contributed by atoms with van der Waals surface area (Å²) in [5, 5.41) is 20.7. The fourth-order valence-electron chi connectivity index (χ4n) is 1.45. The van der Waals surface area contributed by atoms with E-state index in [1.54, 1.807) is 0 Å². The predicted octanol–water partition coefficient (Wildman–Crippen LogP) is 1.30. The van der Waals surface area contributed by atoms with E-state index in [1.165, 1.54) is 18.2 Å². The van der Waals surface area contributed by atoms with E-state index in [0.717, 1.165) is 18.4 Å². The van der Waals surface area contributed by atoms with Crippen molar-refractivity contribution in [3.63, 3.8) is 0 Å². The summed E-state index contributed by atoms with van der Waals surface area (Å²) >= 11 is 0. The van der Waals surface area contributed by atoms with Crippen molar-refractivity contribution < 1.29 is 24.2 Å². The van der Waals surface area contributed by atoms with E-state index in [1.807, 2.05) is 0 Å². The SMILES string of the molecule is O=C(O)c1ccc(NC(=O)c2ccc(=O)oc2)c(O)c1. The standard InChI is InChI=1S/C13H9NO6/c15-10-5-7(13(18)19)1-3-9(10)14-12(17)8-2-4-11(16)20-6-8/h1-6,15H,(H,14,17)(H,18,19). The van der Waals surface area contributed by atoms with E-state index in [4.69, 9.17) is 5.11 Å². The number of hydrogen-bond acceptors (Lipinski definition) is 5. The summed E-state index contributed by atoms with van der Waals surface area (Å²) in [5.41, 5.74) is -0.557. The Hall–Kier alpha value is -3.09. The first kappa shape index (κ1) is 13.3. The third kappa shape index (κ3) is 2.83. The summed E-state index contributed by atoms with van der Waals surface area (Å²) in [7, 11) is 0. The number of nitrogens with one attached hydrogen (secondary N) is 1. The minimum Gasteiger partial charge on any atom is -0.506 e. The van der Waals surface area contributed by atoms with Crippen LogP contribution < -0.4 is 10.9 Å². The summed E-state index contributed by atoms with van der Waals surface area (Å²) in [5.74, 6) is -2.18. The molecule has 2 aromatic rings. The lowest BCUT2D eigenvalue weighted by molar-refractivity contribution is 0.0696. The second-order valence-corrected chi connectivity index (χ2v) is 3.83. The van der Waals surface area contributed by atoms with Gasteiger partial charge in [0.05, 0.1) is 16.8 Å². The molecule has 0 fully saturated rings. The highest BCUT2D eigenvalue weighted by molar-refractivity contribution is 6.05. The molecule has 3 N–H and O–H groups in total. The Kier molecular flexibility index (Phi) is 3.52. The van der Waals surface area contributed by atoms with E-state index in [2.05, 4.69) is 9.73 Å². The van der Waals surface area contributed by atoms with Gasteiger partial charge in [-0.15, -0.1) is 0 Å². The van der Waals surface area contributed by atoms with Crippen LogP contribution in [0.25, 0.3) is 0 Å². The minimum absolute atomic E-state index is 0.0474. The average molecular weight is 275 g/mol. The molecule has 1 aromatic heterocycles. The summed E-state index contributed by atoms with van der Waals surface area (Å²) in [6.45, 7) is 0. The lowest BCUT2D eigenvalue weighted by Crippen LogP contribution is -2.13. The van der Waals surface area contributed by atoms with Gasteiger partial charge in [0.1, 0.15) is 12.0 Å². The molecule has 0 aliphatic carbocycles. The summed E-state index contributed by atoms with van der Waals surface area (Å²) in [6.07, 6.45) is 0.986.